The van der Waals surface area contributed by atoms with Crippen molar-refractivity contribution in [3.8, 4) is 0 Å². The van der Waals surface area contributed by atoms with Crippen LogP contribution in [0.3, 0.4) is 0 Å². The number of hydrogen-bond acceptors (Lipinski definition) is 0. The molecule has 0 aromatic carbocycles. The highest BCUT2D eigenvalue weighted by Gasteiger charge is 2.30. The molecule has 0 amide bonds. The molecule has 0 aliphatic heterocycles. The van der Waals surface area contributed by atoms with Crippen LogP contribution in [0.25, 0.3) is 0 Å². The third-order valence-electron chi connectivity index (χ3n) is 2.95. The van der Waals surface area contributed by atoms with Crippen LogP contribution in [0.1, 0.15) is 52.9 Å². The average Bonchev–Trinajstić information content (AvgIpc) is 1.93. The third-order valence-corrected chi connectivity index (χ3v) is 2.95. The molecule has 0 aromatic rings. The second-order valence-corrected chi connectivity index (χ2v) is 4.99. The van der Waals surface area contributed by atoms with E-state index in [1.807, 2.05) is 0 Å². The van der Waals surface area contributed by atoms with Crippen molar-refractivity contribution in [1.82, 2.24) is 0 Å². The molecule has 0 bridgehead atoms. The topological polar surface area (TPSA) is 0 Å². The van der Waals surface area contributed by atoms with Crippen molar-refractivity contribution in [3.63, 3.8) is 0 Å². The smallest absolute Gasteiger partial charge is 0.108 e. The molecular weight excluding hydrogens is 151 g/mol. The average molecular weight is 172 g/mol. The van der Waals surface area contributed by atoms with Crippen molar-refractivity contribution < 1.29 is 4.39 Å². The van der Waals surface area contributed by atoms with Gasteiger partial charge in [-0.3, -0.25) is 0 Å². The Balaban J connectivity index is 2.27. The predicted molar refractivity (Wildman–Crippen MR) is 50.9 cm³/mol. The van der Waals surface area contributed by atoms with Crippen molar-refractivity contribution in [3.05, 3.63) is 0 Å². The molecule has 12 heavy (non-hydrogen) atoms. The normalized spacial score (nSPS) is 37.2. The van der Waals surface area contributed by atoms with Gasteiger partial charge in [-0.15, -0.1) is 0 Å². The summed E-state index contributed by atoms with van der Waals surface area (Å²) in [5, 5.41) is 0. The lowest BCUT2D eigenvalue weighted by molar-refractivity contribution is 0.0968. The first kappa shape index (κ1) is 10.0. The quantitative estimate of drug-likeness (QED) is 0.591. The molecule has 72 valence electrons. The largest absolute Gasteiger partial charge is 0.244 e. The van der Waals surface area contributed by atoms with Gasteiger partial charge in [-0.2, -0.15) is 0 Å². The number of alkyl halides is 1. The van der Waals surface area contributed by atoms with E-state index in [-0.39, 0.29) is 0 Å². The van der Waals surface area contributed by atoms with Gasteiger partial charge in [0.05, 0.1) is 0 Å². The zero-order chi connectivity index (χ0) is 9.19. The fourth-order valence-corrected chi connectivity index (χ4v) is 2.18. The molecule has 0 radical (unpaired) electrons. The second-order valence-electron chi connectivity index (χ2n) is 4.99. The van der Waals surface area contributed by atoms with Crippen LogP contribution in [0.4, 0.5) is 4.39 Å². The van der Waals surface area contributed by atoms with Crippen LogP contribution in [-0.2, 0) is 0 Å². The second kappa shape index (κ2) is 3.76. The van der Waals surface area contributed by atoms with E-state index in [9.17, 15) is 4.39 Å². The Morgan fingerprint density at radius 2 is 1.83 bits per heavy atom. The van der Waals surface area contributed by atoms with Crippen molar-refractivity contribution in [2.75, 3.05) is 0 Å². The first-order valence-electron chi connectivity index (χ1n) is 5.18. The standard InChI is InChI=1S/C11H21F/c1-9(2)8-10-4-6-11(3,12)7-5-10/h9-10H,4-8H2,1-3H3. The Kier molecular flexibility index (Phi) is 3.14. The summed E-state index contributed by atoms with van der Waals surface area (Å²) >= 11 is 0. The van der Waals surface area contributed by atoms with Gasteiger partial charge in [0, 0.05) is 0 Å². The van der Waals surface area contributed by atoms with Gasteiger partial charge in [-0.1, -0.05) is 13.8 Å². The van der Waals surface area contributed by atoms with Crippen LogP contribution in [0.2, 0.25) is 0 Å². The van der Waals surface area contributed by atoms with E-state index in [2.05, 4.69) is 13.8 Å². The summed E-state index contributed by atoms with van der Waals surface area (Å²) in [5.41, 5.74) is -0.854. The van der Waals surface area contributed by atoms with E-state index in [1.54, 1.807) is 6.92 Å². The minimum absolute atomic E-state index is 0.777. The molecule has 0 N–H and O–H groups in total. The lowest BCUT2D eigenvalue weighted by Crippen LogP contribution is -2.26. The van der Waals surface area contributed by atoms with Gasteiger partial charge in [0.25, 0.3) is 0 Å². The maximum Gasteiger partial charge on any atom is 0.108 e. The summed E-state index contributed by atoms with van der Waals surface area (Å²) in [6.45, 7) is 6.26. The van der Waals surface area contributed by atoms with E-state index < -0.39 is 5.67 Å². The van der Waals surface area contributed by atoms with Crippen LogP contribution in [0.15, 0.2) is 0 Å². The molecule has 1 rings (SSSR count). The predicted octanol–water partition coefficient (Wildman–Crippen LogP) is 3.95. The van der Waals surface area contributed by atoms with Gasteiger partial charge >= 0.3 is 0 Å². The molecule has 0 unspecified atom stereocenters. The van der Waals surface area contributed by atoms with Crippen LogP contribution in [0, 0.1) is 11.8 Å². The molecule has 1 saturated carbocycles. The molecular formula is C11H21F. The van der Waals surface area contributed by atoms with E-state index in [4.69, 9.17) is 0 Å². The van der Waals surface area contributed by atoms with Gasteiger partial charge in [-0.25, -0.2) is 4.39 Å². The van der Waals surface area contributed by atoms with Gasteiger partial charge in [0.1, 0.15) is 5.67 Å². The zero-order valence-electron chi connectivity index (χ0n) is 8.57. The molecule has 0 spiro atoms. The van der Waals surface area contributed by atoms with Crippen LogP contribution < -0.4 is 0 Å². The van der Waals surface area contributed by atoms with Crippen molar-refractivity contribution in [1.29, 1.82) is 0 Å². The van der Waals surface area contributed by atoms with Crippen molar-refractivity contribution in [2.24, 2.45) is 11.8 Å². The molecule has 0 saturated heterocycles. The monoisotopic (exact) mass is 172 g/mol. The SMILES string of the molecule is CC(C)CC1CCC(C)(F)CC1. The molecule has 1 aliphatic rings. The minimum Gasteiger partial charge on any atom is -0.244 e. The summed E-state index contributed by atoms with van der Waals surface area (Å²) in [6, 6.07) is 0. The zero-order valence-corrected chi connectivity index (χ0v) is 8.57. The Bertz CT molecular complexity index is 128. The summed E-state index contributed by atoms with van der Waals surface area (Å²) in [4.78, 5) is 0. The third kappa shape index (κ3) is 3.12. The van der Waals surface area contributed by atoms with E-state index in [0.29, 0.717) is 0 Å². The van der Waals surface area contributed by atoms with E-state index in [1.165, 1.54) is 6.42 Å². The minimum atomic E-state index is -0.854. The summed E-state index contributed by atoms with van der Waals surface area (Å²) < 4.78 is 13.4. The first-order valence-corrected chi connectivity index (χ1v) is 5.18. The van der Waals surface area contributed by atoms with Gasteiger partial charge < -0.3 is 0 Å². The Labute approximate surface area is 75.5 Å². The maximum atomic E-state index is 13.4. The molecule has 1 fully saturated rings. The van der Waals surface area contributed by atoms with Crippen LogP contribution in [-0.4, -0.2) is 5.67 Å². The molecule has 1 aliphatic carbocycles. The van der Waals surface area contributed by atoms with Crippen molar-refractivity contribution >= 4 is 0 Å². The number of halogens is 1. The number of rotatable bonds is 2. The fraction of sp³-hybridized carbons (Fsp3) is 1.00. The Hall–Kier alpha value is -0.0700. The van der Waals surface area contributed by atoms with Gasteiger partial charge in [0.15, 0.2) is 0 Å². The van der Waals surface area contributed by atoms with Gasteiger partial charge in [0.2, 0.25) is 0 Å². The summed E-state index contributed by atoms with van der Waals surface area (Å²) in [6.07, 6.45) is 5.06. The lowest BCUT2D eigenvalue weighted by atomic mass is 9.78. The number of hydrogen-bond donors (Lipinski definition) is 0. The molecule has 0 heterocycles. The lowest BCUT2D eigenvalue weighted by Gasteiger charge is -2.31. The highest BCUT2D eigenvalue weighted by atomic mass is 19.1. The molecule has 1 heteroatoms. The van der Waals surface area contributed by atoms with Crippen LogP contribution >= 0.6 is 0 Å². The highest BCUT2D eigenvalue weighted by molar-refractivity contribution is 4.82. The maximum absolute atomic E-state index is 13.4. The van der Waals surface area contributed by atoms with E-state index >= 15 is 0 Å². The Morgan fingerprint density at radius 3 is 2.25 bits per heavy atom. The van der Waals surface area contributed by atoms with Crippen molar-refractivity contribution in [2.45, 2.75) is 58.5 Å². The van der Waals surface area contributed by atoms with Gasteiger partial charge in [-0.05, 0) is 50.9 Å². The highest BCUT2D eigenvalue weighted by Crippen LogP contribution is 2.37. The molecule has 0 atom stereocenters. The summed E-state index contributed by atoms with van der Waals surface area (Å²) in [5.74, 6) is 1.58. The molecule has 0 nitrogen and oxygen atoms in total. The van der Waals surface area contributed by atoms with Crippen LogP contribution in [0.5, 0.6) is 0 Å². The Morgan fingerprint density at radius 1 is 1.33 bits per heavy atom. The fourth-order valence-electron chi connectivity index (χ4n) is 2.18. The first-order chi connectivity index (χ1) is 5.49. The van der Waals surface area contributed by atoms with E-state index in [0.717, 1.165) is 37.5 Å². The summed E-state index contributed by atoms with van der Waals surface area (Å²) in [7, 11) is 0. The molecule has 0 aromatic heterocycles.